The Balaban J connectivity index is 0.00000562. The first-order valence-electron chi connectivity index (χ1n) is 17.2. The third-order valence-corrected chi connectivity index (χ3v) is 8.10. The van der Waals surface area contributed by atoms with Gasteiger partial charge in [0, 0.05) is 6.42 Å². The van der Waals surface area contributed by atoms with Crippen molar-refractivity contribution in [2.24, 2.45) is 0 Å². The van der Waals surface area contributed by atoms with Crippen LogP contribution in [0.4, 0.5) is 0 Å². The Labute approximate surface area is 307 Å². The number of halogens is 1. The summed E-state index contributed by atoms with van der Waals surface area (Å²) >= 11 is 0. The number of hydrogen-bond acceptors (Lipinski definition) is 4. The number of esters is 2. The highest BCUT2D eigenvalue weighted by atomic mass is 79.9. The molecule has 0 N–H and O–H groups in total. The van der Waals surface area contributed by atoms with Gasteiger partial charge >= 0.3 is 11.9 Å². The number of rotatable bonds is 11. The molecular formula is C43H49BrN2O4. The lowest BCUT2D eigenvalue weighted by molar-refractivity contribution is -0.688. The predicted octanol–water partition coefficient (Wildman–Crippen LogP) is 6.46. The highest BCUT2D eigenvalue weighted by molar-refractivity contribution is 5.98. The third-order valence-electron chi connectivity index (χ3n) is 8.10. The molecule has 0 fully saturated rings. The molecule has 1 aromatic heterocycles. The molecule has 6 nitrogen and oxygen atoms in total. The fraction of sp³-hybridized carbons (Fsp3) is 0.326. The van der Waals surface area contributed by atoms with Crippen molar-refractivity contribution in [3.8, 4) is 22.3 Å². The van der Waals surface area contributed by atoms with E-state index in [2.05, 4.69) is 77.1 Å². The zero-order valence-electron chi connectivity index (χ0n) is 30.3. The summed E-state index contributed by atoms with van der Waals surface area (Å²) in [6.45, 7) is 15.0. The minimum Gasteiger partial charge on any atom is -1.00 e. The Hall–Kier alpha value is -4.49. The Bertz CT molecular complexity index is 1900. The number of carbonyl (C=O) groups is 2. The lowest BCUT2D eigenvalue weighted by Crippen LogP contribution is -3.00. The molecule has 5 rings (SSSR count). The molecule has 0 atom stereocenters. The van der Waals surface area contributed by atoms with Crippen LogP contribution in [0.3, 0.4) is 0 Å². The van der Waals surface area contributed by atoms with Crippen LogP contribution in [0.15, 0.2) is 110 Å². The second-order valence-electron chi connectivity index (χ2n) is 14.6. The van der Waals surface area contributed by atoms with E-state index in [0.717, 1.165) is 54.6 Å². The van der Waals surface area contributed by atoms with E-state index in [9.17, 15) is 9.59 Å². The minimum atomic E-state index is -0.559. The van der Waals surface area contributed by atoms with Crippen molar-refractivity contribution in [1.82, 2.24) is 4.57 Å². The van der Waals surface area contributed by atoms with Gasteiger partial charge in [-0.2, -0.15) is 0 Å². The smallest absolute Gasteiger partial charge is 0.339 e. The van der Waals surface area contributed by atoms with Crippen LogP contribution in [-0.4, -0.2) is 27.7 Å². The topological polar surface area (TPSA) is 61.4 Å². The molecule has 0 amide bonds. The molecular weight excluding hydrogens is 688 g/mol. The molecule has 0 unspecified atom stereocenters. The summed E-state index contributed by atoms with van der Waals surface area (Å²) in [7, 11) is 0. The van der Waals surface area contributed by atoms with Gasteiger partial charge in [-0.25, -0.2) is 18.7 Å². The SMILES string of the molecule is CCCCc1c[n+](Cc2ccc(-c3ccccc3C(=O)OC(C)(C)C)cc2)cn1Cc1ccc(-c2ccccc2C(=O)OC(C)(C)C)cc1.[Br-]. The molecule has 7 heteroatoms. The molecule has 0 radical (unpaired) electrons. The van der Waals surface area contributed by atoms with E-state index in [1.54, 1.807) is 0 Å². The average molecular weight is 738 g/mol. The first kappa shape index (κ1) is 38.3. The Morgan fingerprint density at radius 2 is 1.12 bits per heavy atom. The third kappa shape index (κ3) is 10.3. The van der Waals surface area contributed by atoms with Gasteiger partial charge in [0.1, 0.15) is 36.2 Å². The maximum absolute atomic E-state index is 12.9. The van der Waals surface area contributed by atoms with Crippen LogP contribution in [0.25, 0.3) is 22.3 Å². The van der Waals surface area contributed by atoms with Gasteiger partial charge < -0.3 is 26.5 Å². The van der Waals surface area contributed by atoms with E-state index in [4.69, 9.17) is 9.47 Å². The van der Waals surface area contributed by atoms with E-state index in [0.29, 0.717) is 11.1 Å². The summed E-state index contributed by atoms with van der Waals surface area (Å²) in [4.78, 5) is 25.9. The highest BCUT2D eigenvalue weighted by Crippen LogP contribution is 2.28. The number of aromatic nitrogens is 2. The number of hydrogen-bond donors (Lipinski definition) is 0. The van der Waals surface area contributed by atoms with Gasteiger partial charge in [-0.1, -0.05) is 98.3 Å². The fourth-order valence-corrected chi connectivity index (χ4v) is 5.83. The van der Waals surface area contributed by atoms with Gasteiger partial charge in [0.2, 0.25) is 6.33 Å². The minimum absolute atomic E-state index is 0. The molecule has 5 aromatic rings. The van der Waals surface area contributed by atoms with Crippen LogP contribution in [-0.2, 0) is 29.0 Å². The predicted molar refractivity (Wildman–Crippen MR) is 196 cm³/mol. The summed E-state index contributed by atoms with van der Waals surface area (Å²) in [5.74, 6) is -0.631. The summed E-state index contributed by atoms with van der Waals surface area (Å²) in [5, 5.41) is 0. The molecule has 262 valence electrons. The van der Waals surface area contributed by atoms with Gasteiger partial charge in [0.15, 0.2) is 0 Å². The molecule has 1 heterocycles. The van der Waals surface area contributed by atoms with E-state index < -0.39 is 11.2 Å². The molecule has 0 aliphatic rings. The molecule has 50 heavy (non-hydrogen) atoms. The van der Waals surface area contributed by atoms with E-state index in [-0.39, 0.29) is 28.9 Å². The molecule has 0 bridgehead atoms. The molecule has 0 aliphatic carbocycles. The quantitative estimate of drug-likeness (QED) is 0.115. The second-order valence-corrected chi connectivity index (χ2v) is 14.6. The van der Waals surface area contributed by atoms with Crippen molar-refractivity contribution in [3.63, 3.8) is 0 Å². The summed E-state index contributed by atoms with van der Waals surface area (Å²) in [6.07, 6.45) is 7.71. The molecule has 0 saturated carbocycles. The fourth-order valence-electron chi connectivity index (χ4n) is 5.83. The van der Waals surface area contributed by atoms with Crippen molar-refractivity contribution >= 4 is 11.9 Å². The van der Waals surface area contributed by atoms with Crippen molar-refractivity contribution in [3.05, 3.63) is 138 Å². The average Bonchev–Trinajstić information content (AvgIpc) is 3.43. The largest absolute Gasteiger partial charge is 1.00 e. The summed E-state index contributed by atoms with van der Waals surface area (Å²) in [5.41, 5.74) is 7.37. The molecule has 0 aliphatic heterocycles. The Kier molecular flexibility index (Phi) is 12.6. The van der Waals surface area contributed by atoms with Crippen LogP contribution in [0.1, 0.15) is 98.8 Å². The standard InChI is InChI=1S/C43H49N2O4.BrH/c1-8-9-14-35-29-44(27-31-19-23-33(24-20-31)36-15-10-12-17-38(36)40(46)48-42(2,3)4)30-45(35)28-32-21-25-34(26-22-32)37-16-11-13-18-39(37)41(47)49-43(5,6)7;/h10-13,15-26,29-30H,8-9,14,27-28H2,1-7H3;1H/q+1;/p-1. The first-order valence-corrected chi connectivity index (χ1v) is 17.2. The van der Waals surface area contributed by atoms with Gasteiger partial charge in [0.05, 0.1) is 11.1 Å². The number of imidazole rings is 1. The highest BCUT2D eigenvalue weighted by Gasteiger charge is 2.22. The van der Waals surface area contributed by atoms with E-state index in [1.807, 2.05) is 90.1 Å². The lowest BCUT2D eigenvalue weighted by Gasteiger charge is -2.20. The van der Waals surface area contributed by atoms with Crippen LogP contribution >= 0.6 is 0 Å². The zero-order chi connectivity index (χ0) is 35.2. The number of unbranched alkanes of at least 4 members (excludes halogenated alkanes) is 1. The van der Waals surface area contributed by atoms with Crippen LogP contribution in [0.2, 0.25) is 0 Å². The molecule has 0 saturated heterocycles. The Morgan fingerprint density at radius 3 is 1.58 bits per heavy atom. The van der Waals surface area contributed by atoms with Crippen molar-refractivity contribution in [1.29, 1.82) is 0 Å². The zero-order valence-corrected chi connectivity index (χ0v) is 31.9. The van der Waals surface area contributed by atoms with Crippen LogP contribution in [0.5, 0.6) is 0 Å². The van der Waals surface area contributed by atoms with Crippen molar-refractivity contribution in [2.45, 2.75) is 92.0 Å². The maximum Gasteiger partial charge on any atom is 0.339 e. The van der Waals surface area contributed by atoms with Crippen molar-refractivity contribution < 1.29 is 40.6 Å². The molecule has 0 spiro atoms. The van der Waals surface area contributed by atoms with E-state index >= 15 is 0 Å². The number of benzene rings is 4. The maximum atomic E-state index is 12.9. The Morgan fingerprint density at radius 1 is 0.660 bits per heavy atom. The van der Waals surface area contributed by atoms with Gasteiger partial charge in [-0.15, -0.1) is 0 Å². The van der Waals surface area contributed by atoms with E-state index in [1.165, 1.54) is 16.8 Å². The summed E-state index contributed by atoms with van der Waals surface area (Å²) < 4.78 is 15.9. The summed E-state index contributed by atoms with van der Waals surface area (Å²) in [6, 6.07) is 32.1. The first-order chi connectivity index (χ1) is 23.3. The number of ether oxygens (including phenoxy) is 2. The molecule has 4 aromatic carbocycles. The number of carbonyl (C=O) groups excluding carboxylic acids is 2. The second kappa shape index (κ2) is 16.5. The van der Waals surface area contributed by atoms with Crippen LogP contribution in [0, 0.1) is 0 Å². The number of aryl methyl sites for hydroxylation is 1. The monoisotopic (exact) mass is 736 g/mol. The van der Waals surface area contributed by atoms with Gasteiger partial charge in [-0.3, -0.25) is 0 Å². The van der Waals surface area contributed by atoms with Gasteiger partial charge in [0.25, 0.3) is 0 Å². The number of nitrogens with zero attached hydrogens (tertiary/aromatic N) is 2. The lowest BCUT2D eigenvalue weighted by atomic mass is 9.98. The van der Waals surface area contributed by atoms with Crippen LogP contribution < -0.4 is 21.5 Å². The van der Waals surface area contributed by atoms with Gasteiger partial charge in [-0.05, 0) is 93.5 Å². The van der Waals surface area contributed by atoms with Crippen molar-refractivity contribution in [2.75, 3.05) is 0 Å². The normalized spacial score (nSPS) is 11.5.